The number of β-amino-alcohol motifs (C(OH)–C–C–N with tert-alkyl or cyclic N) is 1. The van der Waals surface area contributed by atoms with Gasteiger partial charge in [0.1, 0.15) is 12.1 Å². The number of benzene rings is 2. The molecular weight excluding hydrogens is 500 g/mol. The van der Waals surface area contributed by atoms with Crippen LogP contribution in [-0.2, 0) is 22.7 Å². The Morgan fingerprint density at radius 3 is 2.55 bits per heavy atom. The number of aromatic nitrogens is 1. The number of aryl methyl sites for hydroxylation is 1. The first-order chi connectivity index (χ1) is 18.2. The summed E-state index contributed by atoms with van der Waals surface area (Å²) in [5, 5.41) is 13.4. The summed E-state index contributed by atoms with van der Waals surface area (Å²) < 4.78 is 0. The molecule has 2 N–H and O–H groups in total. The molecule has 3 atom stereocenters. The fourth-order valence-corrected chi connectivity index (χ4v) is 6.23. The number of hydrogen-bond donors (Lipinski definition) is 2. The van der Waals surface area contributed by atoms with Gasteiger partial charge in [-0.25, -0.2) is 4.98 Å². The van der Waals surface area contributed by atoms with Crippen LogP contribution in [0.5, 0.6) is 0 Å². The molecule has 198 valence electrons. The standard InChI is InChI=1S/C29H32N4O4S/c1-17(2)25(33-14-21-6-4-5-7-23(21)28(33)36)29(37)32-15-22(34)12-24(32)27(35)30-13-19-8-10-20(11-9-19)26-18(3)31-16-38-26/h4-11,16-17,22,24-25,34H,12-15H2,1-3H3,(H,30,35)/t22-,24?,25+/m1/s1. The summed E-state index contributed by atoms with van der Waals surface area (Å²) in [5.41, 5.74) is 6.32. The van der Waals surface area contributed by atoms with E-state index in [0.717, 1.165) is 27.3 Å². The molecule has 1 fully saturated rings. The first kappa shape index (κ1) is 26.1. The van der Waals surface area contributed by atoms with E-state index >= 15 is 0 Å². The Balaban J connectivity index is 1.27. The highest BCUT2D eigenvalue weighted by Gasteiger charge is 2.45. The molecule has 0 radical (unpaired) electrons. The fraction of sp³-hybridized carbons (Fsp3) is 0.379. The number of rotatable bonds is 7. The Labute approximate surface area is 226 Å². The molecule has 38 heavy (non-hydrogen) atoms. The molecule has 8 nitrogen and oxygen atoms in total. The molecule has 9 heteroatoms. The molecule has 0 aliphatic carbocycles. The number of nitrogens with one attached hydrogen (secondary N) is 1. The Hall–Kier alpha value is -3.56. The molecule has 3 aromatic rings. The molecule has 0 saturated carbocycles. The zero-order chi connectivity index (χ0) is 27.0. The van der Waals surface area contributed by atoms with Gasteiger partial charge >= 0.3 is 0 Å². The number of aliphatic hydroxyl groups excluding tert-OH is 1. The van der Waals surface area contributed by atoms with E-state index in [9.17, 15) is 19.5 Å². The minimum atomic E-state index is -0.795. The smallest absolute Gasteiger partial charge is 0.255 e. The summed E-state index contributed by atoms with van der Waals surface area (Å²) in [6, 6.07) is 13.8. The van der Waals surface area contributed by atoms with Gasteiger partial charge in [0.15, 0.2) is 0 Å². The summed E-state index contributed by atoms with van der Waals surface area (Å²) in [5.74, 6) is -0.953. The Kier molecular flexibility index (Phi) is 7.32. The van der Waals surface area contributed by atoms with Crippen LogP contribution in [0.4, 0.5) is 0 Å². The number of carbonyl (C=O) groups is 3. The van der Waals surface area contributed by atoms with E-state index in [0.29, 0.717) is 18.7 Å². The molecule has 1 unspecified atom stereocenters. The van der Waals surface area contributed by atoms with Crippen LogP contribution in [0, 0.1) is 12.8 Å². The lowest BCUT2D eigenvalue weighted by Gasteiger charge is -2.35. The van der Waals surface area contributed by atoms with Gasteiger partial charge in [-0.2, -0.15) is 0 Å². The lowest BCUT2D eigenvalue weighted by Crippen LogP contribution is -2.55. The van der Waals surface area contributed by atoms with Gasteiger partial charge in [0, 0.05) is 31.6 Å². The second-order valence-electron chi connectivity index (χ2n) is 10.4. The second-order valence-corrected chi connectivity index (χ2v) is 11.2. The fourth-order valence-electron chi connectivity index (χ4n) is 5.42. The van der Waals surface area contributed by atoms with E-state index in [4.69, 9.17) is 0 Å². The highest BCUT2D eigenvalue weighted by atomic mass is 32.1. The van der Waals surface area contributed by atoms with Gasteiger partial charge < -0.3 is 20.2 Å². The highest BCUT2D eigenvalue weighted by Crippen LogP contribution is 2.30. The van der Waals surface area contributed by atoms with Gasteiger partial charge in [0.2, 0.25) is 11.8 Å². The summed E-state index contributed by atoms with van der Waals surface area (Å²) >= 11 is 1.59. The monoisotopic (exact) mass is 532 g/mol. The maximum atomic E-state index is 13.8. The number of fused-ring (bicyclic) bond motifs is 1. The molecule has 3 heterocycles. The van der Waals surface area contributed by atoms with Crippen molar-refractivity contribution in [2.75, 3.05) is 6.54 Å². The second kappa shape index (κ2) is 10.7. The zero-order valence-electron chi connectivity index (χ0n) is 21.8. The Morgan fingerprint density at radius 2 is 1.89 bits per heavy atom. The van der Waals surface area contributed by atoms with Crippen molar-refractivity contribution in [2.45, 2.75) is 58.5 Å². The lowest BCUT2D eigenvalue weighted by atomic mass is 10.0. The number of thiazole rings is 1. The number of likely N-dealkylation sites (tertiary alicyclic amines) is 1. The van der Waals surface area contributed by atoms with Gasteiger partial charge in [0.25, 0.3) is 5.91 Å². The topological polar surface area (TPSA) is 103 Å². The van der Waals surface area contributed by atoms with E-state index in [2.05, 4.69) is 10.3 Å². The van der Waals surface area contributed by atoms with E-state index in [-0.39, 0.29) is 36.6 Å². The third-order valence-electron chi connectivity index (χ3n) is 7.36. The normalized spacial score (nSPS) is 19.7. The maximum Gasteiger partial charge on any atom is 0.255 e. The molecule has 2 aliphatic rings. The molecule has 2 aliphatic heterocycles. The minimum absolute atomic E-state index is 0.0675. The average Bonchev–Trinajstić information content (AvgIpc) is 3.60. The van der Waals surface area contributed by atoms with Crippen LogP contribution in [0.15, 0.2) is 54.0 Å². The van der Waals surface area contributed by atoms with E-state index in [1.165, 1.54) is 4.90 Å². The average molecular weight is 533 g/mol. The molecule has 2 aromatic carbocycles. The van der Waals surface area contributed by atoms with Crippen LogP contribution < -0.4 is 5.32 Å². The maximum absolute atomic E-state index is 13.8. The summed E-state index contributed by atoms with van der Waals surface area (Å²) in [6.45, 7) is 6.51. The van der Waals surface area contributed by atoms with Gasteiger partial charge in [-0.3, -0.25) is 14.4 Å². The van der Waals surface area contributed by atoms with E-state index < -0.39 is 18.2 Å². The van der Waals surface area contributed by atoms with Crippen LogP contribution in [0.2, 0.25) is 0 Å². The predicted molar refractivity (Wildman–Crippen MR) is 145 cm³/mol. The molecular formula is C29H32N4O4S. The minimum Gasteiger partial charge on any atom is -0.391 e. The highest BCUT2D eigenvalue weighted by molar-refractivity contribution is 7.13. The first-order valence-electron chi connectivity index (χ1n) is 12.9. The van der Waals surface area contributed by atoms with E-state index in [1.54, 1.807) is 22.3 Å². The number of nitrogens with zero attached hydrogens (tertiary/aromatic N) is 3. The van der Waals surface area contributed by atoms with Crippen molar-refractivity contribution in [1.82, 2.24) is 20.1 Å². The molecule has 5 rings (SSSR count). The Bertz CT molecular complexity index is 1350. The Morgan fingerprint density at radius 1 is 1.16 bits per heavy atom. The van der Waals surface area contributed by atoms with Gasteiger partial charge in [-0.15, -0.1) is 11.3 Å². The largest absolute Gasteiger partial charge is 0.391 e. The van der Waals surface area contributed by atoms with Crippen LogP contribution in [0.3, 0.4) is 0 Å². The van der Waals surface area contributed by atoms with Crippen molar-refractivity contribution < 1.29 is 19.5 Å². The lowest BCUT2D eigenvalue weighted by molar-refractivity contribution is -0.143. The van der Waals surface area contributed by atoms with E-state index in [1.807, 2.05) is 68.7 Å². The van der Waals surface area contributed by atoms with Crippen molar-refractivity contribution in [3.8, 4) is 10.4 Å². The van der Waals surface area contributed by atoms with Gasteiger partial charge in [-0.05, 0) is 35.6 Å². The van der Waals surface area contributed by atoms with Crippen LogP contribution >= 0.6 is 11.3 Å². The number of carbonyl (C=O) groups excluding carboxylic acids is 3. The third kappa shape index (κ3) is 4.96. The van der Waals surface area contributed by atoms with Crippen molar-refractivity contribution >= 4 is 29.1 Å². The molecule has 0 spiro atoms. The zero-order valence-corrected chi connectivity index (χ0v) is 22.6. The first-order valence-corrected chi connectivity index (χ1v) is 13.8. The molecule has 1 aromatic heterocycles. The number of amides is 3. The molecule has 1 saturated heterocycles. The molecule has 3 amide bonds. The quantitative estimate of drug-likeness (QED) is 0.486. The predicted octanol–water partition coefficient (Wildman–Crippen LogP) is 3.38. The summed E-state index contributed by atoms with van der Waals surface area (Å²) in [4.78, 5) is 48.7. The SMILES string of the molecule is Cc1ncsc1-c1ccc(CNC(=O)C2C[C@@H](O)CN2C(=O)[C@H](C(C)C)N2Cc3ccccc3C2=O)cc1. The van der Waals surface area contributed by atoms with Crippen molar-refractivity contribution in [2.24, 2.45) is 5.92 Å². The summed E-state index contributed by atoms with van der Waals surface area (Å²) in [7, 11) is 0. The number of aliphatic hydroxyl groups is 1. The van der Waals surface area contributed by atoms with Crippen molar-refractivity contribution in [1.29, 1.82) is 0 Å². The van der Waals surface area contributed by atoms with Crippen LogP contribution in [-0.4, -0.2) is 62.3 Å². The van der Waals surface area contributed by atoms with Crippen molar-refractivity contribution in [3.05, 3.63) is 76.4 Å². The van der Waals surface area contributed by atoms with Crippen molar-refractivity contribution in [3.63, 3.8) is 0 Å². The third-order valence-corrected chi connectivity index (χ3v) is 8.34. The van der Waals surface area contributed by atoms with Crippen LogP contribution in [0.1, 0.15) is 47.4 Å². The van der Waals surface area contributed by atoms with Gasteiger partial charge in [0.05, 0.1) is 22.2 Å². The number of hydrogen-bond acceptors (Lipinski definition) is 6. The van der Waals surface area contributed by atoms with Gasteiger partial charge in [-0.1, -0.05) is 56.3 Å². The van der Waals surface area contributed by atoms with Crippen LogP contribution in [0.25, 0.3) is 10.4 Å². The summed E-state index contributed by atoms with van der Waals surface area (Å²) in [6.07, 6.45) is -0.629. The molecule has 0 bridgehead atoms.